The third kappa shape index (κ3) is 7.80. The Morgan fingerprint density at radius 3 is 1.59 bits per heavy atom. The zero-order valence-corrected chi connectivity index (χ0v) is 37.7. The number of esters is 2. The number of rotatable bonds is 8. The third-order valence-corrected chi connectivity index (χ3v) is 14.7. The fraction of sp³-hybridized carbons (Fsp3) is 0.462. The van der Waals surface area contributed by atoms with Gasteiger partial charge in [-0.15, -0.1) is 0 Å². The highest BCUT2D eigenvalue weighted by Crippen LogP contribution is 2.48. The number of aromatic nitrogens is 6. The molecule has 14 heteroatoms. The molecule has 0 atom stereocenters. The van der Waals surface area contributed by atoms with Gasteiger partial charge in [0.05, 0.1) is 68.8 Å². The minimum atomic E-state index is -0.494. The minimum absolute atomic E-state index is 0.296. The van der Waals surface area contributed by atoms with Crippen molar-refractivity contribution >= 4 is 39.6 Å². The van der Waals surface area contributed by atoms with Crippen LogP contribution in [0.2, 0.25) is 0 Å². The first-order chi connectivity index (χ1) is 32.3. The topological polar surface area (TPSA) is 151 Å². The van der Waals surface area contributed by atoms with Gasteiger partial charge in [0.15, 0.2) is 34.3 Å². The number of ether oxygens (including phenoxy) is 6. The molecule has 4 aromatic heterocycles. The number of carbonyl (C=O) groups excluding carboxylic acids is 2. The summed E-state index contributed by atoms with van der Waals surface area (Å²) >= 11 is 0. The Kier molecular flexibility index (Phi) is 11.5. The predicted molar refractivity (Wildman–Crippen MR) is 246 cm³/mol. The van der Waals surface area contributed by atoms with Gasteiger partial charge in [-0.1, -0.05) is 55.3 Å². The number of methoxy groups -OCH3 is 2. The normalized spacial score (nSPS) is 20.5. The maximum Gasteiger partial charge on any atom is 0.356 e. The molecule has 66 heavy (non-hydrogen) atoms. The van der Waals surface area contributed by atoms with Crippen LogP contribution in [0, 0.1) is 0 Å². The molecule has 2 spiro atoms. The van der Waals surface area contributed by atoms with Crippen LogP contribution in [-0.4, -0.2) is 93.7 Å². The van der Waals surface area contributed by atoms with E-state index in [2.05, 4.69) is 6.08 Å². The summed E-state index contributed by atoms with van der Waals surface area (Å²) < 4.78 is 37.6. The van der Waals surface area contributed by atoms with Gasteiger partial charge in [-0.2, -0.15) is 10.2 Å². The summed E-state index contributed by atoms with van der Waals surface area (Å²) in [7, 11) is 2.79. The molecule has 6 heterocycles. The number of nitrogens with zero attached hydrogens (tertiary/aromatic N) is 6. The van der Waals surface area contributed by atoms with Crippen molar-refractivity contribution < 1.29 is 38.0 Å². The van der Waals surface area contributed by atoms with Crippen LogP contribution in [0.15, 0.2) is 78.9 Å². The van der Waals surface area contributed by atoms with Crippen LogP contribution in [0.25, 0.3) is 39.0 Å². The number of hydrogen-bond donors (Lipinski definition) is 0. The Hall–Kier alpha value is -5.80. The van der Waals surface area contributed by atoms with Crippen molar-refractivity contribution in [2.45, 2.75) is 113 Å². The minimum Gasteiger partial charge on any atom is -0.464 e. The second-order valence-corrected chi connectivity index (χ2v) is 18.5. The van der Waals surface area contributed by atoms with Crippen molar-refractivity contribution in [1.29, 1.82) is 0 Å². The lowest BCUT2D eigenvalue weighted by Gasteiger charge is -2.36. The number of fused-ring (bicyclic) bond motifs is 2. The quantitative estimate of drug-likeness (QED) is 0.134. The molecule has 0 N–H and O–H groups in total. The molecule has 0 radical (unpaired) electrons. The molecule has 6 aromatic rings. The molecule has 2 saturated heterocycles. The van der Waals surface area contributed by atoms with Crippen LogP contribution in [0.4, 0.5) is 0 Å². The van der Waals surface area contributed by atoms with Gasteiger partial charge in [0.25, 0.3) is 0 Å². The summed E-state index contributed by atoms with van der Waals surface area (Å²) in [6, 6.07) is 23.9. The van der Waals surface area contributed by atoms with Gasteiger partial charge < -0.3 is 28.4 Å². The number of pyridine rings is 2. The first kappa shape index (κ1) is 42.8. The molecule has 0 unspecified atom stereocenters. The average molecular weight is 893 g/mol. The van der Waals surface area contributed by atoms with E-state index in [-0.39, 0.29) is 0 Å². The van der Waals surface area contributed by atoms with E-state index >= 15 is 0 Å². The molecule has 12 rings (SSSR count). The molecule has 5 fully saturated rings. The maximum absolute atomic E-state index is 12.6. The number of carbonyl (C=O) groups is 2. The Labute approximate surface area is 383 Å². The molecule has 2 aromatic carbocycles. The van der Waals surface area contributed by atoms with Crippen LogP contribution >= 0.6 is 0 Å². The lowest BCUT2D eigenvalue weighted by molar-refractivity contribution is -0.178. The molecular formula is C52H56N6O8. The Morgan fingerprint density at radius 2 is 1.11 bits per heavy atom. The maximum atomic E-state index is 12.6. The zero-order valence-electron chi connectivity index (χ0n) is 37.7. The van der Waals surface area contributed by atoms with Gasteiger partial charge in [0.1, 0.15) is 0 Å². The van der Waals surface area contributed by atoms with E-state index in [1.54, 1.807) is 0 Å². The first-order valence-corrected chi connectivity index (χ1v) is 23.7. The van der Waals surface area contributed by atoms with Crippen LogP contribution in [0.5, 0.6) is 0 Å². The van der Waals surface area contributed by atoms with Gasteiger partial charge in [-0.25, -0.2) is 28.9 Å². The molecule has 2 aliphatic heterocycles. The first-order valence-electron chi connectivity index (χ1n) is 23.7. The number of allylic oxidation sites excluding steroid dienone is 1. The van der Waals surface area contributed by atoms with Crippen LogP contribution in [0.3, 0.4) is 0 Å². The molecule has 4 aliphatic carbocycles. The van der Waals surface area contributed by atoms with Crippen LogP contribution in [-0.2, 0) is 28.4 Å². The molecule has 0 bridgehead atoms. The van der Waals surface area contributed by atoms with Crippen molar-refractivity contribution in [3.8, 4) is 11.4 Å². The highest BCUT2D eigenvalue weighted by atomic mass is 16.7. The van der Waals surface area contributed by atoms with Crippen molar-refractivity contribution in [2.24, 2.45) is 0 Å². The van der Waals surface area contributed by atoms with Gasteiger partial charge in [0, 0.05) is 42.9 Å². The molecule has 14 nitrogen and oxygen atoms in total. The Balaban J connectivity index is 0.000000146. The Morgan fingerprint density at radius 1 is 0.606 bits per heavy atom. The SMILES string of the molecule is COC(=O)c1cc(C2=CCC3(CC2)OCCO3)c2c(C3CCC3)nn(-c3ccccc3)c2n1.COC(=O)c1cc(C2CCC3(CC2)OCCO3)c2c(C3CCC3)nn(-c3ccccc3)c2n1. The summed E-state index contributed by atoms with van der Waals surface area (Å²) in [6.07, 6.45) is 15.1. The van der Waals surface area contributed by atoms with Crippen molar-refractivity contribution in [3.05, 3.63) is 113 Å². The predicted octanol–water partition coefficient (Wildman–Crippen LogP) is 9.66. The van der Waals surface area contributed by atoms with Gasteiger partial charge in [0.2, 0.25) is 0 Å². The molecular weight excluding hydrogens is 837 g/mol. The van der Waals surface area contributed by atoms with E-state index in [0.29, 0.717) is 67.6 Å². The standard InChI is InChI=1S/C26H29N3O4.C26H27N3O4/c2*1-31-25(30)21-16-20(17-10-12-26(13-11-17)32-14-15-33-26)22-23(18-6-5-7-18)28-29(24(22)27-21)19-8-3-2-4-9-19/h2-4,8-9,16-18H,5-7,10-15H2,1H3;2-4,8-10,16,18H,5-7,11-15H2,1H3. The summed E-state index contributed by atoms with van der Waals surface area (Å²) in [5.41, 5.74) is 9.53. The molecule has 0 amide bonds. The Bertz CT molecular complexity index is 2790. The van der Waals surface area contributed by atoms with Crippen molar-refractivity contribution in [3.63, 3.8) is 0 Å². The lowest BCUT2D eigenvalue weighted by Crippen LogP contribution is -2.34. The van der Waals surface area contributed by atoms with Gasteiger partial charge >= 0.3 is 11.9 Å². The second kappa shape index (κ2) is 17.8. The van der Waals surface area contributed by atoms with E-state index in [9.17, 15) is 9.59 Å². The van der Waals surface area contributed by atoms with Crippen LogP contribution in [0.1, 0.15) is 145 Å². The number of benzene rings is 2. The van der Waals surface area contributed by atoms with Crippen molar-refractivity contribution in [1.82, 2.24) is 29.5 Å². The molecule has 6 aliphatic rings. The molecule has 342 valence electrons. The molecule has 3 saturated carbocycles. The van der Waals surface area contributed by atoms with E-state index in [0.717, 1.165) is 115 Å². The summed E-state index contributed by atoms with van der Waals surface area (Å²) in [5, 5.41) is 12.3. The summed E-state index contributed by atoms with van der Waals surface area (Å²) in [4.78, 5) is 34.7. The monoisotopic (exact) mass is 892 g/mol. The third-order valence-electron chi connectivity index (χ3n) is 14.7. The highest BCUT2D eigenvalue weighted by Gasteiger charge is 2.42. The number of para-hydroxylation sites is 2. The fourth-order valence-electron chi connectivity index (χ4n) is 10.7. The second-order valence-electron chi connectivity index (χ2n) is 18.5. The van der Waals surface area contributed by atoms with E-state index in [1.807, 2.05) is 82.2 Å². The zero-order chi connectivity index (χ0) is 44.8. The van der Waals surface area contributed by atoms with Gasteiger partial charge in [-0.3, -0.25) is 0 Å². The van der Waals surface area contributed by atoms with Crippen LogP contribution < -0.4 is 0 Å². The smallest absolute Gasteiger partial charge is 0.356 e. The van der Waals surface area contributed by atoms with E-state index in [1.165, 1.54) is 32.6 Å². The number of hydrogen-bond acceptors (Lipinski definition) is 12. The van der Waals surface area contributed by atoms with Gasteiger partial charge in [-0.05, 0) is 104 Å². The highest BCUT2D eigenvalue weighted by molar-refractivity contribution is 5.98. The summed E-state index contributed by atoms with van der Waals surface area (Å²) in [6.45, 7) is 2.63. The van der Waals surface area contributed by atoms with Crippen molar-refractivity contribution in [2.75, 3.05) is 40.6 Å². The summed E-state index contributed by atoms with van der Waals surface area (Å²) in [5.74, 6) is -0.620. The van der Waals surface area contributed by atoms with E-state index in [4.69, 9.17) is 48.6 Å². The fourth-order valence-corrected chi connectivity index (χ4v) is 10.7. The average Bonchev–Trinajstić information content (AvgIpc) is 4.15. The van der Waals surface area contributed by atoms with E-state index < -0.39 is 23.5 Å². The largest absolute Gasteiger partial charge is 0.464 e. The lowest BCUT2D eigenvalue weighted by atomic mass is 9.77.